The van der Waals surface area contributed by atoms with Crippen molar-refractivity contribution in [1.29, 1.82) is 0 Å². The van der Waals surface area contributed by atoms with Crippen LogP contribution in [0.4, 0.5) is 5.69 Å². The molecular formula is C13H17NO4. The topological polar surface area (TPSA) is 78.8 Å². The third-order valence-electron chi connectivity index (χ3n) is 2.92. The fourth-order valence-electron chi connectivity index (χ4n) is 1.92. The van der Waals surface area contributed by atoms with Crippen molar-refractivity contribution in [1.82, 2.24) is 0 Å². The smallest absolute Gasteiger partial charge is 0.303 e. The Morgan fingerprint density at radius 1 is 1.50 bits per heavy atom. The number of carbonyl (C=O) groups is 1. The second-order valence-electron chi connectivity index (χ2n) is 4.39. The number of carboxylic acids is 1. The van der Waals surface area contributed by atoms with Gasteiger partial charge in [0, 0.05) is 25.1 Å². The first kappa shape index (κ1) is 12.7. The number of aliphatic hydroxyl groups excluding tert-OH is 1. The average Bonchev–Trinajstić information content (AvgIpc) is 2.81. The molecular weight excluding hydrogens is 234 g/mol. The number of fused-ring (bicyclic) bond motifs is 1. The third-order valence-corrected chi connectivity index (χ3v) is 2.92. The highest BCUT2D eigenvalue weighted by molar-refractivity contribution is 5.66. The van der Waals surface area contributed by atoms with E-state index in [1.807, 2.05) is 18.2 Å². The van der Waals surface area contributed by atoms with Gasteiger partial charge in [0.2, 0.25) is 0 Å². The predicted octanol–water partition coefficient (Wildman–Crippen LogP) is 1.26. The maximum absolute atomic E-state index is 10.4. The molecule has 1 aliphatic rings. The molecule has 0 spiro atoms. The number of carboxylic acid groups (broad SMARTS) is 1. The van der Waals surface area contributed by atoms with Gasteiger partial charge < -0.3 is 20.3 Å². The number of benzene rings is 1. The van der Waals surface area contributed by atoms with Crippen LogP contribution in [0.25, 0.3) is 0 Å². The fourth-order valence-corrected chi connectivity index (χ4v) is 1.92. The Labute approximate surface area is 105 Å². The van der Waals surface area contributed by atoms with Crippen LogP contribution >= 0.6 is 0 Å². The molecule has 1 aromatic carbocycles. The lowest BCUT2D eigenvalue weighted by atomic mass is 10.1. The van der Waals surface area contributed by atoms with Gasteiger partial charge in [0.1, 0.15) is 5.75 Å². The Morgan fingerprint density at radius 3 is 3.11 bits per heavy atom. The number of hydrogen-bond acceptors (Lipinski definition) is 4. The van der Waals surface area contributed by atoms with Gasteiger partial charge in [-0.15, -0.1) is 0 Å². The zero-order chi connectivity index (χ0) is 13.0. The number of ether oxygens (including phenoxy) is 1. The number of aliphatic carboxylic acids is 1. The number of hydrogen-bond donors (Lipinski definition) is 3. The largest absolute Gasteiger partial charge is 0.493 e. The standard InChI is InChI=1S/C13H17NO4/c15-11(2-4-13(16)17)8-14-10-1-3-12-9(7-10)5-6-18-12/h1,3,7,11,14-15H,2,4-6,8H2,(H,16,17). The average molecular weight is 251 g/mol. The number of anilines is 1. The summed E-state index contributed by atoms with van der Waals surface area (Å²) in [4.78, 5) is 10.4. The molecule has 0 saturated heterocycles. The summed E-state index contributed by atoms with van der Waals surface area (Å²) in [5.74, 6) is 0.0377. The maximum atomic E-state index is 10.4. The first-order chi connectivity index (χ1) is 8.65. The van der Waals surface area contributed by atoms with Gasteiger partial charge >= 0.3 is 5.97 Å². The van der Waals surface area contributed by atoms with Gasteiger partial charge in [-0.2, -0.15) is 0 Å². The van der Waals surface area contributed by atoms with Gasteiger partial charge in [-0.25, -0.2) is 0 Å². The Hall–Kier alpha value is -1.75. The molecule has 18 heavy (non-hydrogen) atoms. The van der Waals surface area contributed by atoms with E-state index in [0.29, 0.717) is 6.54 Å². The molecule has 1 heterocycles. The lowest BCUT2D eigenvalue weighted by Gasteiger charge is -2.12. The second-order valence-corrected chi connectivity index (χ2v) is 4.39. The van der Waals surface area contributed by atoms with E-state index in [-0.39, 0.29) is 12.8 Å². The molecule has 1 unspecified atom stereocenters. The zero-order valence-corrected chi connectivity index (χ0v) is 10.1. The summed E-state index contributed by atoms with van der Waals surface area (Å²) >= 11 is 0. The van der Waals surface area contributed by atoms with Crippen LogP contribution in [-0.4, -0.2) is 35.4 Å². The van der Waals surface area contributed by atoms with Crippen molar-refractivity contribution >= 4 is 11.7 Å². The highest BCUT2D eigenvalue weighted by Gasteiger charge is 2.12. The lowest BCUT2D eigenvalue weighted by molar-refractivity contribution is -0.137. The molecule has 3 N–H and O–H groups in total. The van der Waals surface area contributed by atoms with Crippen molar-refractivity contribution in [2.24, 2.45) is 0 Å². The second kappa shape index (κ2) is 5.73. The summed E-state index contributed by atoms with van der Waals surface area (Å²) in [5, 5.41) is 21.2. The fraction of sp³-hybridized carbons (Fsp3) is 0.462. The summed E-state index contributed by atoms with van der Waals surface area (Å²) in [7, 11) is 0. The normalized spacial score (nSPS) is 14.7. The molecule has 0 amide bonds. The van der Waals surface area contributed by atoms with E-state index < -0.39 is 12.1 Å². The minimum Gasteiger partial charge on any atom is -0.493 e. The molecule has 1 aliphatic heterocycles. The molecule has 0 radical (unpaired) electrons. The van der Waals surface area contributed by atoms with E-state index in [0.717, 1.165) is 24.5 Å². The highest BCUT2D eigenvalue weighted by atomic mass is 16.5. The van der Waals surface area contributed by atoms with Crippen LogP contribution in [0.5, 0.6) is 5.75 Å². The van der Waals surface area contributed by atoms with Crippen LogP contribution in [0.3, 0.4) is 0 Å². The van der Waals surface area contributed by atoms with Crippen molar-refractivity contribution in [3.05, 3.63) is 23.8 Å². The Morgan fingerprint density at radius 2 is 2.33 bits per heavy atom. The minimum absolute atomic E-state index is 0.0130. The summed E-state index contributed by atoms with van der Waals surface area (Å²) in [6, 6.07) is 5.81. The first-order valence-corrected chi connectivity index (χ1v) is 6.04. The lowest BCUT2D eigenvalue weighted by Crippen LogP contribution is -2.20. The molecule has 5 heteroatoms. The van der Waals surface area contributed by atoms with Gasteiger partial charge in [0.05, 0.1) is 12.7 Å². The van der Waals surface area contributed by atoms with E-state index >= 15 is 0 Å². The molecule has 98 valence electrons. The quantitative estimate of drug-likeness (QED) is 0.709. The monoisotopic (exact) mass is 251 g/mol. The van der Waals surface area contributed by atoms with E-state index in [2.05, 4.69) is 5.32 Å². The summed E-state index contributed by atoms with van der Waals surface area (Å²) < 4.78 is 5.40. The van der Waals surface area contributed by atoms with Crippen LogP contribution in [0.1, 0.15) is 18.4 Å². The van der Waals surface area contributed by atoms with Crippen molar-refractivity contribution < 1.29 is 19.7 Å². The molecule has 0 fully saturated rings. The van der Waals surface area contributed by atoms with Gasteiger partial charge in [0.15, 0.2) is 0 Å². The number of rotatable bonds is 6. The first-order valence-electron chi connectivity index (χ1n) is 6.04. The predicted molar refractivity (Wildman–Crippen MR) is 67.0 cm³/mol. The van der Waals surface area contributed by atoms with Crippen LogP contribution in [0.15, 0.2) is 18.2 Å². The van der Waals surface area contributed by atoms with Crippen LogP contribution in [0.2, 0.25) is 0 Å². The third kappa shape index (κ3) is 3.37. The zero-order valence-electron chi connectivity index (χ0n) is 10.1. The molecule has 0 aliphatic carbocycles. The van der Waals surface area contributed by atoms with E-state index in [4.69, 9.17) is 9.84 Å². The van der Waals surface area contributed by atoms with Crippen molar-refractivity contribution in [2.45, 2.75) is 25.4 Å². The Kier molecular flexibility index (Phi) is 4.04. The van der Waals surface area contributed by atoms with Crippen molar-refractivity contribution in [3.63, 3.8) is 0 Å². The summed E-state index contributed by atoms with van der Waals surface area (Å²) in [6.45, 7) is 1.08. The van der Waals surface area contributed by atoms with Crippen LogP contribution in [0, 0.1) is 0 Å². The molecule has 0 bridgehead atoms. The van der Waals surface area contributed by atoms with Crippen LogP contribution in [-0.2, 0) is 11.2 Å². The van der Waals surface area contributed by atoms with E-state index in [1.54, 1.807) is 0 Å². The molecule has 0 saturated carbocycles. The summed E-state index contributed by atoms with van der Waals surface area (Å²) in [5.41, 5.74) is 2.09. The SMILES string of the molecule is O=C(O)CCC(O)CNc1ccc2c(c1)CCO2. The summed E-state index contributed by atoms with van der Waals surface area (Å²) in [6.07, 6.45) is 0.509. The van der Waals surface area contributed by atoms with Gasteiger partial charge in [-0.05, 0) is 30.2 Å². The highest BCUT2D eigenvalue weighted by Crippen LogP contribution is 2.27. The maximum Gasteiger partial charge on any atom is 0.303 e. The molecule has 1 atom stereocenters. The Bertz CT molecular complexity index is 433. The number of aliphatic hydroxyl groups is 1. The van der Waals surface area contributed by atoms with Gasteiger partial charge in [-0.1, -0.05) is 0 Å². The molecule has 5 nitrogen and oxygen atoms in total. The van der Waals surface area contributed by atoms with Gasteiger partial charge in [0.25, 0.3) is 0 Å². The number of nitrogens with one attached hydrogen (secondary N) is 1. The molecule has 2 rings (SSSR count). The minimum atomic E-state index is -0.885. The molecule has 1 aromatic rings. The van der Waals surface area contributed by atoms with E-state index in [1.165, 1.54) is 5.56 Å². The Balaban J connectivity index is 1.81. The van der Waals surface area contributed by atoms with Crippen molar-refractivity contribution in [3.8, 4) is 5.75 Å². The molecule has 0 aromatic heterocycles. The van der Waals surface area contributed by atoms with Crippen LogP contribution < -0.4 is 10.1 Å². The van der Waals surface area contributed by atoms with Gasteiger partial charge in [-0.3, -0.25) is 4.79 Å². The van der Waals surface area contributed by atoms with E-state index in [9.17, 15) is 9.90 Å². The van der Waals surface area contributed by atoms with Crippen molar-refractivity contribution in [2.75, 3.05) is 18.5 Å².